The molecule has 1 saturated carbocycles. The lowest BCUT2D eigenvalue weighted by Gasteiger charge is -2.28. The minimum atomic E-state index is -2.72. The Labute approximate surface area is 227 Å². The van der Waals surface area contributed by atoms with Crippen LogP contribution < -0.4 is 20.9 Å². The summed E-state index contributed by atoms with van der Waals surface area (Å²) in [5.41, 5.74) is 1.12. The van der Waals surface area contributed by atoms with Crippen LogP contribution in [0.3, 0.4) is 0 Å². The molecule has 2 aliphatic rings. The first kappa shape index (κ1) is 28.6. The molecule has 0 atom stereocenters. The van der Waals surface area contributed by atoms with Crippen LogP contribution in [0.1, 0.15) is 44.4 Å². The fourth-order valence-electron chi connectivity index (χ4n) is 4.88. The van der Waals surface area contributed by atoms with Crippen LogP contribution in [0.4, 0.5) is 20.5 Å². The fourth-order valence-corrected chi connectivity index (χ4v) is 4.88. The quantitative estimate of drug-likeness (QED) is 0.395. The number of halogens is 2. The second-order valence-corrected chi connectivity index (χ2v) is 9.69. The summed E-state index contributed by atoms with van der Waals surface area (Å²) in [5, 5.41) is 8.56. The van der Waals surface area contributed by atoms with Gasteiger partial charge < -0.3 is 25.6 Å². The van der Waals surface area contributed by atoms with E-state index >= 15 is 0 Å². The van der Waals surface area contributed by atoms with Crippen molar-refractivity contribution in [2.75, 3.05) is 63.7 Å². The number of ether oxygens (including phenoxy) is 1. The van der Waals surface area contributed by atoms with E-state index in [1.165, 1.54) is 36.7 Å². The van der Waals surface area contributed by atoms with Gasteiger partial charge in [-0.25, -0.2) is 13.8 Å². The number of para-hydroxylation sites is 2. The van der Waals surface area contributed by atoms with Gasteiger partial charge in [-0.1, -0.05) is 31.4 Å². The van der Waals surface area contributed by atoms with Crippen molar-refractivity contribution in [3.63, 3.8) is 0 Å². The lowest BCUT2D eigenvalue weighted by atomic mass is 9.89. The number of anilines is 2. The van der Waals surface area contributed by atoms with Crippen LogP contribution in [-0.2, 0) is 9.53 Å². The number of rotatable bonds is 8. The van der Waals surface area contributed by atoms with Gasteiger partial charge in [-0.3, -0.25) is 9.36 Å². The molecule has 1 amide bonds. The number of aromatic nitrogens is 4. The first-order valence-corrected chi connectivity index (χ1v) is 13.6. The first-order valence-electron chi connectivity index (χ1n) is 13.6. The van der Waals surface area contributed by atoms with E-state index in [1.54, 1.807) is 38.4 Å². The predicted molar refractivity (Wildman–Crippen MR) is 148 cm³/mol. The number of nitrogens with one attached hydrogen (secondary N) is 3. The number of amides is 1. The van der Waals surface area contributed by atoms with Gasteiger partial charge in [0.1, 0.15) is 11.6 Å². The average Bonchev–Trinajstić information content (AvgIpc) is 3.38. The Morgan fingerprint density at radius 1 is 1.05 bits per heavy atom. The third-order valence-corrected chi connectivity index (χ3v) is 6.93. The Kier molecular flexibility index (Phi) is 10.4. The summed E-state index contributed by atoms with van der Waals surface area (Å²) < 4.78 is 34.8. The van der Waals surface area contributed by atoms with Gasteiger partial charge in [-0.15, -0.1) is 0 Å². The average molecular weight is 545 g/mol. The van der Waals surface area contributed by atoms with Crippen LogP contribution >= 0.6 is 0 Å². The molecule has 10 nitrogen and oxygen atoms in total. The summed E-state index contributed by atoms with van der Waals surface area (Å²) >= 11 is 0. The van der Waals surface area contributed by atoms with Crippen molar-refractivity contribution >= 4 is 28.7 Å². The lowest BCUT2D eigenvalue weighted by molar-refractivity contribution is -0.119. The van der Waals surface area contributed by atoms with Crippen LogP contribution in [-0.4, -0.2) is 78.9 Å². The molecule has 3 aromatic rings. The molecule has 3 heterocycles. The molecule has 1 aliphatic carbocycles. The SMILES string of the molecule is CNCC(=O)NC.FC(F)c1nc2ccccc2n1-c1cc(N2CCOCC2)nc(NCC2CCCCC2)n1. The standard InChI is InChI=1S/C23H28F2N6O.C4H10N2O/c24-21(25)22-27-17-8-4-5-9-18(17)31(22)20-14-19(30-10-12-32-13-11-30)28-23(29-20)26-15-16-6-2-1-3-7-16;1-5-3-4(7)6-2/h4-5,8-9,14,16,21H,1-3,6-7,10-13,15H2,(H,26,28,29);5H,3H2,1-2H3,(H,6,7). The number of carbonyl (C=O) groups excluding carboxylic acids is 1. The molecule has 0 spiro atoms. The third kappa shape index (κ3) is 7.60. The number of fused-ring (bicyclic) bond motifs is 1. The fraction of sp³-hybridized carbons (Fsp3) is 0.556. The second kappa shape index (κ2) is 14.1. The van der Waals surface area contributed by atoms with Crippen molar-refractivity contribution in [3.05, 3.63) is 36.2 Å². The Hall–Kier alpha value is -3.38. The maximum Gasteiger partial charge on any atom is 0.296 e. The summed E-state index contributed by atoms with van der Waals surface area (Å²) in [6.07, 6.45) is 3.49. The van der Waals surface area contributed by atoms with Gasteiger partial charge in [0.2, 0.25) is 11.9 Å². The van der Waals surface area contributed by atoms with Gasteiger partial charge in [0.05, 0.1) is 30.8 Å². The van der Waals surface area contributed by atoms with Gasteiger partial charge in [-0.05, 0) is 37.9 Å². The largest absolute Gasteiger partial charge is 0.378 e. The van der Waals surface area contributed by atoms with E-state index in [9.17, 15) is 13.6 Å². The van der Waals surface area contributed by atoms with Crippen LogP contribution in [0.5, 0.6) is 0 Å². The van der Waals surface area contributed by atoms with Crippen molar-refractivity contribution in [1.29, 1.82) is 0 Å². The van der Waals surface area contributed by atoms with E-state index in [-0.39, 0.29) is 11.7 Å². The molecule has 1 aliphatic heterocycles. The number of morpholine rings is 1. The number of benzene rings is 1. The molecule has 1 aromatic carbocycles. The zero-order chi connectivity index (χ0) is 27.6. The number of likely N-dealkylation sites (N-methyl/N-ethyl adjacent to an activating group) is 2. The number of hydrogen-bond donors (Lipinski definition) is 3. The first-order chi connectivity index (χ1) is 19.0. The molecule has 1 saturated heterocycles. The van der Waals surface area contributed by atoms with Crippen molar-refractivity contribution in [2.45, 2.75) is 38.5 Å². The molecule has 212 valence electrons. The number of hydrogen-bond acceptors (Lipinski definition) is 8. The molecular weight excluding hydrogens is 506 g/mol. The lowest BCUT2D eigenvalue weighted by Crippen LogP contribution is -2.37. The highest BCUT2D eigenvalue weighted by Gasteiger charge is 2.23. The Bertz CT molecular complexity index is 1210. The van der Waals surface area contributed by atoms with Crippen LogP contribution in [0.25, 0.3) is 16.9 Å². The number of nitrogens with zero attached hydrogens (tertiary/aromatic N) is 5. The number of alkyl halides is 2. The number of carbonyl (C=O) groups is 1. The van der Waals surface area contributed by atoms with Gasteiger partial charge >= 0.3 is 0 Å². The van der Waals surface area contributed by atoms with Crippen LogP contribution in [0.2, 0.25) is 0 Å². The maximum absolute atomic E-state index is 13.9. The van der Waals surface area contributed by atoms with E-state index in [1.807, 2.05) is 6.07 Å². The Morgan fingerprint density at radius 3 is 2.44 bits per heavy atom. The molecule has 3 N–H and O–H groups in total. The van der Waals surface area contributed by atoms with Gasteiger partial charge in [-0.2, -0.15) is 9.97 Å². The van der Waals surface area contributed by atoms with Crippen molar-refractivity contribution in [3.8, 4) is 5.82 Å². The number of imidazole rings is 1. The van der Waals surface area contributed by atoms with Gasteiger partial charge in [0, 0.05) is 32.7 Å². The topological polar surface area (TPSA) is 109 Å². The molecule has 2 fully saturated rings. The predicted octanol–water partition coefficient (Wildman–Crippen LogP) is 3.53. The monoisotopic (exact) mass is 544 g/mol. The normalized spacial score (nSPS) is 16.2. The van der Waals surface area contributed by atoms with Crippen molar-refractivity contribution in [2.24, 2.45) is 5.92 Å². The smallest absolute Gasteiger partial charge is 0.296 e. The molecule has 5 rings (SSSR count). The minimum absolute atomic E-state index is 0.0162. The molecule has 0 radical (unpaired) electrons. The highest BCUT2D eigenvalue weighted by atomic mass is 19.3. The van der Waals surface area contributed by atoms with Crippen molar-refractivity contribution < 1.29 is 18.3 Å². The molecular formula is C27H38F2N8O2. The summed E-state index contributed by atoms with van der Waals surface area (Å²) in [4.78, 5) is 25.9. The highest BCUT2D eigenvalue weighted by Crippen LogP contribution is 2.30. The van der Waals surface area contributed by atoms with Crippen LogP contribution in [0, 0.1) is 5.92 Å². The van der Waals surface area contributed by atoms with E-state index in [2.05, 4.69) is 30.8 Å². The van der Waals surface area contributed by atoms with Crippen molar-refractivity contribution in [1.82, 2.24) is 30.2 Å². The van der Waals surface area contributed by atoms with E-state index in [0.29, 0.717) is 67.4 Å². The molecule has 12 heteroatoms. The minimum Gasteiger partial charge on any atom is -0.378 e. The maximum atomic E-state index is 13.9. The molecule has 0 unspecified atom stereocenters. The molecule has 39 heavy (non-hydrogen) atoms. The van der Waals surface area contributed by atoms with Gasteiger partial charge in [0.15, 0.2) is 5.82 Å². The summed E-state index contributed by atoms with van der Waals surface area (Å²) in [6.45, 7) is 3.81. The second-order valence-electron chi connectivity index (χ2n) is 9.69. The summed E-state index contributed by atoms with van der Waals surface area (Å²) in [6, 6.07) is 8.92. The molecule has 2 aromatic heterocycles. The van der Waals surface area contributed by atoms with Gasteiger partial charge in [0.25, 0.3) is 6.43 Å². The third-order valence-electron chi connectivity index (χ3n) is 6.93. The van der Waals surface area contributed by atoms with E-state index in [0.717, 1.165) is 6.54 Å². The Morgan fingerprint density at radius 2 is 1.77 bits per heavy atom. The zero-order valence-corrected chi connectivity index (χ0v) is 22.6. The summed E-state index contributed by atoms with van der Waals surface area (Å²) in [7, 11) is 3.34. The molecule has 0 bridgehead atoms. The van der Waals surface area contributed by atoms with Crippen LogP contribution in [0.15, 0.2) is 30.3 Å². The zero-order valence-electron chi connectivity index (χ0n) is 22.6. The summed E-state index contributed by atoms with van der Waals surface area (Å²) in [5.74, 6) is 1.87. The van der Waals surface area contributed by atoms with E-state index in [4.69, 9.17) is 9.72 Å². The Balaban J connectivity index is 0.000000448. The highest BCUT2D eigenvalue weighted by molar-refractivity contribution is 5.78. The van der Waals surface area contributed by atoms with E-state index < -0.39 is 6.43 Å².